The quantitative estimate of drug-likeness (QED) is 0.175. The monoisotopic (exact) mass is 693 g/mol. The van der Waals surface area contributed by atoms with E-state index in [4.69, 9.17) is 26.8 Å². The molecule has 1 aliphatic rings. The number of hydrogen-bond donors (Lipinski definition) is 2. The Balaban J connectivity index is 1.40. The van der Waals surface area contributed by atoms with Crippen LogP contribution in [0.15, 0.2) is 78.1 Å². The molecule has 1 saturated carbocycles. The fourth-order valence-electron chi connectivity index (χ4n) is 5.79. The highest BCUT2D eigenvalue weighted by Crippen LogP contribution is 2.41. The first-order valence-electron chi connectivity index (χ1n) is 14.5. The van der Waals surface area contributed by atoms with E-state index in [0.717, 1.165) is 22.5 Å². The average molecular weight is 694 g/mol. The third-order valence-electron chi connectivity index (χ3n) is 8.17. The van der Waals surface area contributed by atoms with E-state index in [1.165, 1.54) is 44.9 Å². The van der Waals surface area contributed by atoms with E-state index in [1.807, 2.05) is 0 Å². The molecule has 0 spiro atoms. The Morgan fingerprint density at radius 2 is 1.83 bits per heavy atom. The van der Waals surface area contributed by atoms with Crippen LogP contribution < -0.4 is 24.8 Å². The van der Waals surface area contributed by atoms with Crippen LogP contribution in [0.1, 0.15) is 41.9 Å². The van der Waals surface area contributed by atoms with Gasteiger partial charge in [0.25, 0.3) is 10.0 Å². The maximum absolute atomic E-state index is 15.8. The Morgan fingerprint density at radius 3 is 2.49 bits per heavy atom. The molecule has 250 valence electrons. The number of anilines is 2. The molecule has 1 aliphatic carbocycles. The molecular weight excluding hydrogens is 662 g/mol. The van der Waals surface area contributed by atoms with Crippen molar-refractivity contribution in [1.82, 2.24) is 9.97 Å². The summed E-state index contributed by atoms with van der Waals surface area (Å²) in [6, 6.07) is 12.6. The number of ether oxygens (including phenoxy) is 2. The van der Waals surface area contributed by atoms with Crippen LogP contribution in [0.4, 0.5) is 29.1 Å². The lowest BCUT2D eigenvalue weighted by Gasteiger charge is -2.36. The number of rotatable bonds is 10. The van der Waals surface area contributed by atoms with Crippen LogP contribution in [0, 0.1) is 5.82 Å². The molecule has 0 radical (unpaired) electrons. The number of halogens is 5. The minimum atomic E-state index is -4.61. The summed E-state index contributed by atoms with van der Waals surface area (Å²) in [6.45, 7) is -0.279. The molecule has 0 aliphatic heterocycles. The average Bonchev–Trinajstić information content (AvgIpc) is 3.05. The molecule has 4 aromatic rings. The molecule has 47 heavy (non-hydrogen) atoms. The van der Waals surface area contributed by atoms with Crippen molar-refractivity contribution in [2.24, 2.45) is 5.73 Å². The fourth-order valence-corrected chi connectivity index (χ4v) is 7.55. The summed E-state index contributed by atoms with van der Waals surface area (Å²) in [4.78, 5) is 7.24. The zero-order chi connectivity index (χ0) is 33.9. The smallest absolute Gasteiger partial charge is 0.416 e. The van der Waals surface area contributed by atoms with Gasteiger partial charge in [0.05, 0.1) is 37.0 Å². The number of nitrogens with two attached hydrogens (primary N) is 1. The topological polar surface area (TPSA) is 120 Å². The molecule has 5 rings (SSSR count). The van der Waals surface area contributed by atoms with Gasteiger partial charge in [0, 0.05) is 36.0 Å². The molecule has 3 aromatic carbocycles. The minimum absolute atomic E-state index is 0.0228. The first-order chi connectivity index (χ1) is 22.3. The number of aromatic nitrogens is 2. The van der Waals surface area contributed by atoms with Crippen molar-refractivity contribution in [3.63, 3.8) is 0 Å². The van der Waals surface area contributed by atoms with Gasteiger partial charge in [0.2, 0.25) is 0 Å². The van der Waals surface area contributed by atoms with Gasteiger partial charge < -0.3 is 20.5 Å². The maximum Gasteiger partial charge on any atom is 0.416 e. The largest absolute Gasteiger partial charge is 0.497 e. The number of hydrogen-bond acceptors (Lipinski definition) is 8. The molecule has 15 heteroatoms. The second kappa shape index (κ2) is 13.9. The zero-order valence-electron chi connectivity index (χ0n) is 25.3. The SMILES string of the molecule is COc1ccc(CN(c2ccncn2)S(=O)(=O)c2cc(Cl)c(N[C@H]3CC[C@H](c4ccccc4C(F)(F)F)C[C@@H]3N)cc2F)c(OC)c1. The van der Waals surface area contributed by atoms with E-state index in [2.05, 4.69) is 15.3 Å². The van der Waals surface area contributed by atoms with Crippen molar-refractivity contribution >= 4 is 33.1 Å². The second-order valence-electron chi connectivity index (χ2n) is 11.0. The number of methoxy groups -OCH3 is 2. The van der Waals surface area contributed by atoms with E-state index in [-0.39, 0.29) is 35.1 Å². The third-order valence-corrected chi connectivity index (χ3v) is 10.2. The number of benzene rings is 3. The summed E-state index contributed by atoms with van der Waals surface area (Å²) in [5, 5.41) is 2.99. The lowest BCUT2D eigenvalue weighted by atomic mass is 9.77. The Morgan fingerprint density at radius 1 is 1.06 bits per heavy atom. The van der Waals surface area contributed by atoms with Gasteiger partial charge in [-0.05, 0) is 61.1 Å². The van der Waals surface area contributed by atoms with Crippen LogP contribution in [0.5, 0.6) is 11.5 Å². The second-order valence-corrected chi connectivity index (χ2v) is 13.3. The molecule has 1 aromatic heterocycles. The molecule has 1 heterocycles. The predicted octanol–water partition coefficient (Wildman–Crippen LogP) is 6.78. The van der Waals surface area contributed by atoms with Crippen molar-refractivity contribution in [2.75, 3.05) is 23.8 Å². The van der Waals surface area contributed by atoms with Gasteiger partial charge in [-0.25, -0.2) is 27.1 Å². The van der Waals surface area contributed by atoms with Crippen LogP contribution in [-0.4, -0.2) is 44.7 Å². The first-order valence-corrected chi connectivity index (χ1v) is 16.3. The number of alkyl halides is 3. The van der Waals surface area contributed by atoms with E-state index in [0.29, 0.717) is 29.9 Å². The summed E-state index contributed by atoms with van der Waals surface area (Å²) < 4.78 is 96.3. The first kappa shape index (κ1) is 34.2. The summed E-state index contributed by atoms with van der Waals surface area (Å²) >= 11 is 6.52. The number of sulfonamides is 1. The van der Waals surface area contributed by atoms with Gasteiger partial charge in [0.1, 0.15) is 34.4 Å². The lowest BCUT2D eigenvalue weighted by molar-refractivity contribution is -0.138. The predicted molar refractivity (Wildman–Crippen MR) is 170 cm³/mol. The van der Waals surface area contributed by atoms with Gasteiger partial charge in [-0.3, -0.25) is 0 Å². The normalized spacial score (nSPS) is 18.4. The van der Waals surface area contributed by atoms with Gasteiger partial charge in [-0.15, -0.1) is 0 Å². The van der Waals surface area contributed by atoms with Crippen molar-refractivity contribution in [1.29, 1.82) is 0 Å². The molecule has 0 unspecified atom stereocenters. The van der Waals surface area contributed by atoms with Gasteiger partial charge >= 0.3 is 6.18 Å². The molecule has 0 amide bonds. The third kappa shape index (κ3) is 7.39. The lowest BCUT2D eigenvalue weighted by Crippen LogP contribution is -2.44. The van der Waals surface area contributed by atoms with Crippen molar-refractivity contribution in [3.05, 3.63) is 101 Å². The van der Waals surface area contributed by atoms with Crippen LogP contribution in [0.25, 0.3) is 0 Å². The Bertz CT molecular complexity index is 1830. The zero-order valence-corrected chi connectivity index (χ0v) is 26.9. The van der Waals surface area contributed by atoms with E-state index in [1.54, 1.807) is 24.3 Å². The molecule has 3 N–H and O–H groups in total. The Labute approximate surface area is 274 Å². The number of nitrogens with zero attached hydrogens (tertiary/aromatic N) is 3. The van der Waals surface area contributed by atoms with Crippen LogP contribution in [0.3, 0.4) is 0 Å². The van der Waals surface area contributed by atoms with E-state index >= 15 is 4.39 Å². The highest BCUT2D eigenvalue weighted by Gasteiger charge is 2.38. The van der Waals surface area contributed by atoms with Gasteiger partial charge in [-0.2, -0.15) is 13.2 Å². The van der Waals surface area contributed by atoms with Crippen LogP contribution >= 0.6 is 11.6 Å². The molecule has 9 nitrogen and oxygen atoms in total. The van der Waals surface area contributed by atoms with Gasteiger partial charge in [-0.1, -0.05) is 29.8 Å². The Kier molecular flexibility index (Phi) is 10.1. The van der Waals surface area contributed by atoms with Crippen molar-refractivity contribution < 1.29 is 35.5 Å². The summed E-state index contributed by atoms with van der Waals surface area (Å²) in [6.07, 6.45) is -0.951. The summed E-state index contributed by atoms with van der Waals surface area (Å²) in [7, 11) is -1.71. The summed E-state index contributed by atoms with van der Waals surface area (Å²) in [5.74, 6) is -0.700. The molecule has 3 atom stereocenters. The fraction of sp³-hybridized carbons (Fsp3) is 0.312. The van der Waals surface area contributed by atoms with E-state index < -0.39 is 50.5 Å². The van der Waals surface area contributed by atoms with Crippen molar-refractivity contribution in [2.45, 2.75) is 54.9 Å². The molecular formula is C32H32ClF4N5O4S. The standard InChI is InChI=1S/C32H32ClF4N5O4S/c1-45-21-9-7-20(29(14-21)46-2)17-42(31-11-12-39-18-40-31)47(43,44)30-15-24(33)28(16-25(30)34)41-27-10-8-19(13-26(27)38)22-5-3-4-6-23(22)32(35,36)37/h3-7,9,11-12,14-16,18-19,26-27,41H,8,10,13,17,38H2,1-2H3/t19-,26-,27-/m0/s1. The highest BCUT2D eigenvalue weighted by molar-refractivity contribution is 7.92. The summed E-state index contributed by atoms with van der Waals surface area (Å²) in [5.41, 5.74) is 6.45. The van der Waals surface area contributed by atoms with Gasteiger partial charge in [0.15, 0.2) is 0 Å². The molecule has 0 bridgehead atoms. The van der Waals surface area contributed by atoms with Crippen LogP contribution in [-0.2, 0) is 22.7 Å². The maximum atomic E-state index is 15.8. The highest BCUT2D eigenvalue weighted by atomic mass is 35.5. The molecule has 1 fully saturated rings. The van der Waals surface area contributed by atoms with E-state index in [9.17, 15) is 21.6 Å². The molecule has 0 saturated heterocycles. The Hall–Kier alpha value is -4.14. The number of nitrogens with one attached hydrogen (secondary N) is 1. The minimum Gasteiger partial charge on any atom is -0.497 e. The van der Waals surface area contributed by atoms with Crippen molar-refractivity contribution in [3.8, 4) is 11.5 Å². The van der Waals surface area contributed by atoms with Crippen LogP contribution in [0.2, 0.25) is 5.02 Å².